The molecule has 2 aromatic heterocycles. The van der Waals surface area contributed by atoms with E-state index in [9.17, 15) is 0 Å². The molecule has 0 aliphatic heterocycles. The number of benzene rings is 1. The summed E-state index contributed by atoms with van der Waals surface area (Å²) in [5, 5.41) is 0. The van der Waals surface area contributed by atoms with Gasteiger partial charge in [-0.15, -0.1) is 11.3 Å². The van der Waals surface area contributed by atoms with Crippen molar-refractivity contribution in [2.75, 3.05) is 0 Å². The Bertz CT molecular complexity index is 706. The van der Waals surface area contributed by atoms with Crippen LogP contribution in [0.4, 0.5) is 0 Å². The van der Waals surface area contributed by atoms with Gasteiger partial charge in [-0.1, -0.05) is 24.6 Å². The first-order valence-electron chi connectivity index (χ1n) is 6.23. The van der Waals surface area contributed by atoms with Crippen LogP contribution in [-0.2, 0) is 6.42 Å². The maximum absolute atomic E-state index is 4.41. The molecule has 3 aromatic rings. The van der Waals surface area contributed by atoms with Crippen molar-refractivity contribution in [3.63, 3.8) is 0 Å². The monoisotopic (exact) mass is 256 g/mol. The summed E-state index contributed by atoms with van der Waals surface area (Å²) in [5.74, 6) is 0. The fourth-order valence-corrected chi connectivity index (χ4v) is 3.37. The smallest absolute Gasteiger partial charge is 0.194 e. The molecular formula is C15H16N2S. The van der Waals surface area contributed by atoms with Gasteiger partial charge in [0.1, 0.15) is 0 Å². The Hall–Kier alpha value is -1.61. The van der Waals surface area contributed by atoms with E-state index >= 15 is 0 Å². The van der Waals surface area contributed by atoms with Crippen molar-refractivity contribution in [3.8, 4) is 11.3 Å². The lowest BCUT2D eigenvalue weighted by atomic mass is 10.0. The first-order chi connectivity index (χ1) is 8.70. The van der Waals surface area contributed by atoms with Gasteiger partial charge in [0.25, 0.3) is 0 Å². The summed E-state index contributed by atoms with van der Waals surface area (Å²) >= 11 is 1.79. The first-order valence-corrected chi connectivity index (χ1v) is 7.04. The number of thiazole rings is 1. The zero-order valence-electron chi connectivity index (χ0n) is 10.9. The minimum Gasteiger partial charge on any atom is -0.290 e. The average Bonchev–Trinajstić information content (AvgIpc) is 2.92. The second-order valence-electron chi connectivity index (χ2n) is 4.63. The molecule has 0 aliphatic rings. The molecule has 0 amide bonds. The number of aryl methyl sites for hydroxylation is 3. The van der Waals surface area contributed by atoms with Crippen molar-refractivity contribution >= 4 is 16.3 Å². The van der Waals surface area contributed by atoms with Crippen LogP contribution in [0, 0.1) is 13.8 Å². The maximum Gasteiger partial charge on any atom is 0.194 e. The number of aromatic nitrogens is 2. The zero-order chi connectivity index (χ0) is 12.7. The molecule has 0 fully saturated rings. The predicted octanol–water partition coefficient (Wildman–Crippen LogP) is 4.24. The molecule has 18 heavy (non-hydrogen) atoms. The summed E-state index contributed by atoms with van der Waals surface area (Å²) in [5.41, 5.74) is 5.27. The zero-order valence-corrected chi connectivity index (χ0v) is 11.7. The van der Waals surface area contributed by atoms with Crippen LogP contribution in [0.3, 0.4) is 0 Å². The van der Waals surface area contributed by atoms with Crippen molar-refractivity contribution in [3.05, 3.63) is 46.6 Å². The summed E-state index contributed by atoms with van der Waals surface area (Å²) < 4.78 is 2.21. The predicted molar refractivity (Wildman–Crippen MR) is 77.4 cm³/mol. The molecule has 0 saturated heterocycles. The highest BCUT2D eigenvalue weighted by molar-refractivity contribution is 7.17. The van der Waals surface area contributed by atoms with E-state index in [2.05, 4.69) is 54.6 Å². The minimum absolute atomic E-state index is 1.05. The molecular weight excluding hydrogens is 240 g/mol. The molecule has 0 saturated carbocycles. The Balaban J connectivity index is 2.35. The van der Waals surface area contributed by atoms with Crippen molar-refractivity contribution in [1.29, 1.82) is 0 Å². The number of rotatable bonds is 2. The first kappa shape index (κ1) is 11.5. The van der Waals surface area contributed by atoms with E-state index in [1.54, 1.807) is 11.3 Å². The molecule has 0 bridgehead atoms. The lowest BCUT2D eigenvalue weighted by molar-refractivity contribution is 1.13. The lowest BCUT2D eigenvalue weighted by Gasteiger charge is -2.08. The van der Waals surface area contributed by atoms with E-state index in [0.29, 0.717) is 0 Å². The lowest BCUT2D eigenvalue weighted by Crippen LogP contribution is -1.92. The van der Waals surface area contributed by atoms with Crippen LogP contribution in [0.1, 0.15) is 22.9 Å². The Morgan fingerprint density at radius 3 is 2.89 bits per heavy atom. The van der Waals surface area contributed by atoms with Crippen LogP contribution in [0.15, 0.2) is 30.6 Å². The third kappa shape index (κ3) is 1.66. The minimum atomic E-state index is 1.05. The fraction of sp³-hybridized carbons (Fsp3) is 0.267. The van der Waals surface area contributed by atoms with Gasteiger partial charge in [-0.2, -0.15) is 0 Å². The molecule has 0 atom stereocenters. The molecule has 0 spiro atoms. The van der Waals surface area contributed by atoms with E-state index < -0.39 is 0 Å². The Morgan fingerprint density at radius 2 is 2.11 bits per heavy atom. The summed E-state index contributed by atoms with van der Waals surface area (Å²) in [6.45, 7) is 6.53. The van der Waals surface area contributed by atoms with Gasteiger partial charge in [0.2, 0.25) is 0 Å². The summed E-state index contributed by atoms with van der Waals surface area (Å²) in [4.78, 5) is 6.90. The van der Waals surface area contributed by atoms with Crippen LogP contribution < -0.4 is 0 Å². The molecule has 2 nitrogen and oxygen atoms in total. The van der Waals surface area contributed by atoms with Crippen LogP contribution in [0.5, 0.6) is 0 Å². The highest BCUT2D eigenvalue weighted by atomic mass is 32.1. The SMILES string of the molecule is CCc1sc2nccn2c1-c1cc(C)ccc1C. The van der Waals surface area contributed by atoms with E-state index in [1.165, 1.54) is 27.3 Å². The van der Waals surface area contributed by atoms with Crippen molar-refractivity contribution in [2.24, 2.45) is 0 Å². The average molecular weight is 256 g/mol. The number of nitrogens with zero attached hydrogens (tertiary/aromatic N) is 2. The Labute approximate surface area is 111 Å². The largest absolute Gasteiger partial charge is 0.290 e. The topological polar surface area (TPSA) is 17.3 Å². The van der Waals surface area contributed by atoms with Crippen molar-refractivity contribution in [2.45, 2.75) is 27.2 Å². The van der Waals surface area contributed by atoms with Crippen molar-refractivity contribution < 1.29 is 0 Å². The van der Waals surface area contributed by atoms with E-state index in [4.69, 9.17) is 0 Å². The standard InChI is InChI=1S/C15H16N2S/c1-4-13-14(17-8-7-16-15(17)18-13)12-9-10(2)5-6-11(12)3/h5-9H,4H2,1-3H3. The van der Waals surface area contributed by atoms with Gasteiger partial charge < -0.3 is 0 Å². The quantitative estimate of drug-likeness (QED) is 0.670. The second-order valence-corrected chi connectivity index (χ2v) is 5.69. The fourth-order valence-electron chi connectivity index (χ4n) is 2.34. The molecule has 0 radical (unpaired) electrons. The molecule has 92 valence electrons. The normalized spacial score (nSPS) is 11.3. The summed E-state index contributed by atoms with van der Waals surface area (Å²) in [6.07, 6.45) is 4.98. The van der Waals surface area contributed by atoms with Gasteiger partial charge in [0, 0.05) is 22.8 Å². The van der Waals surface area contributed by atoms with Crippen LogP contribution in [0.25, 0.3) is 16.2 Å². The summed E-state index contributed by atoms with van der Waals surface area (Å²) in [6, 6.07) is 6.64. The molecule has 0 N–H and O–H groups in total. The third-order valence-corrected chi connectivity index (χ3v) is 4.51. The maximum atomic E-state index is 4.41. The highest BCUT2D eigenvalue weighted by Crippen LogP contribution is 2.34. The van der Waals surface area contributed by atoms with Gasteiger partial charge in [-0.3, -0.25) is 4.40 Å². The van der Waals surface area contributed by atoms with E-state index in [1.807, 2.05) is 6.20 Å². The van der Waals surface area contributed by atoms with Gasteiger partial charge in [0.05, 0.1) is 5.69 Å². The van der Waals surface area contributed by atoms with Crippen LogP contribution >= 0.6 is 11.3 Å². The summed E-state index contributed by atoms with van der Waals surface area (Å²) in [7, 11) is 0. The Kier molecular flexibility index (Phi) is 2.71. The molecule has 0 unspecified atom stereocenters. The molecule has 2 heterocycles. The number of hydrogen-bond acceptors (Lipinski definition) is 2. The van der Waals surface area contributed by atoms with Crippen LogP contribution in [-0.4, -0.2) is 9.38 Å². The van der Waals surface area contributed by atoms with Crippen molar-refractivity contribution in [1.82, 2.24) is 9.38 Å². The Morgan fingerprint density at radius 1 is 1.28 bits per heavy atom. The van der Waals surface area contributed by atoms with Crippen LogP contribution in [0.2, 0.25) is 0 Å². The molecule has 0 aliphatic carbocycles. The third-order valence-electron chi connectivity index (χ3n) is 3.30. The number of imidazole rings is 1. The van der Waals surface area contributed by atoms with Gasteiger partial charge >= 0.3 is 0 Å². The number of fused-ring (bicyclic) bond motifs is 1. The molecule has 3 rings (SSSR count). The van der Waals surface area contributed by atoms with E-state index in [-0.39, 0.29) is 0 Å². The van der Waals surface area contributed by atoms with Gasteiger partial charge in [-0.05, 0) is 31.9 Å². The van der Waals surface area contributed by atoms with Gasteiger partial charge in [0.15, 0.2) is 4.96 Å². The highest BCUT2D eigenvalue weighted by Gasteiger charge is 2.15. The van der Waals surface area contributed by atoms with Gasteiger partial charge in [-0.25, -0.2) is 4.98 Å². The molecule has 3 heteroatoms. The van der Waals surface area contributed by atoms with E-state index in [0.717, 1.165) is 11.4 Å². The molecule has 1 aromatic carbocycles. The second kappa shape index (κ2) is 4.25. The number of hydrogen-bond donors (Lipinski definition) is 0.